The lowest BCUT2D eigenvalue weighted by molar-refractivity contribution is -0.149. The molecule has 2 heterocycles. The molecule has 1 aromatic heterocycles. The number of carbonyl (C=O) groups is 1. The van der Waals surface area contributed by atoms with Gasteiger partial charge in [-0.15, -0.1) is 10.2 Å². The number of ether oxygens (including phenoxy) is 1. The van der Waals surface area contributed by atoms with Crippen LogP contribution in [-0.4, -0.2) is 64.4 Å². The van der Waals surface area contributed by atoms with Crippen LogP contribution >= 0.6 is 0 Å². The van der Waals surface area contributed by atoms with Crippen LogP contribution in [0.1, 0.15) is 52.3 Å². The molecule has 1 aromatic rings. The van der Waals surface area contributed by atoms with E-state index in [0.29, 0.717) is 6.61 Å². The van der Waals surface area contributed by atoms with Crippen LogP contribution in [-0.2, 0) is 22.5 Å². The van der Waals surface area contributed by atoms with Gasteiger partial charge in [0.05, 0.1) is 12.5 Å². The predicted octanol–water partition coefficient (Wildman–Crippen LogP) is 1.86. The van der Waals surface area contributed by atoms with Gasteiger partial charge in [-0.2, -0.15) is 0 Å². The Balaban J connectivity index is 1.88. The molecule has 1 aliphatic heterocycles. The Morgan fingerprint density at radius 3 is 2.78 bits per heavy atom. The number of carbonyl (C=O) groups excluding carboxylic acids is 1. The average molecular weight is 379 g/mol. The van der Waals surface area contributed by atoms with Gasteiger partial charge in [-0.05, 0) is 26.2 Å². The van der Waals surface area contributed by atoms with Gasteiger partial charge >= 0.3 is 5.97 Å². The van der Waals surface area contributed by atoms with Crippen molar-refractivity contribution >= 4 is 11.9 Å². The molecule has 1 N–H and O–H groups in total. The minimum atomic E-state index is -0.0608. The maximum absolute atomic E-state index is 11.9. The lowest BCUT2D eigenvalue weighted by atomic mass is 9.97. The van der Waals surface area contributed by atoms with E-state index in [1.54, 1.807) is 6.33 Å². The molecule has 2 rings (SSSR count). The molecule has 0 aliphatic carbocycles. The van der Waals surface area contributed by atoms with Crippen LogP contribution in [0.15, 0.2) is 11.3 Å². The number of nitrogens with one attached hydrogen (secondary N) is 1. The second kappa shape index (κ2) is 11.6. The molecule has 0 radical (unpaired) electrons. The Bertz CT molecular complexity index is 593. The number of piperidine rings is 1. The first-order valence-corrected chi connectivity index (χ1v) is 10.3. The topological polar surface area (TPSA) is 84.6 Å². The lowest BCUT2D eigenvalue weighted by Gasteiger charge is -2.33. The van der Waals surface area contributed by atoms with Gasteiger partial charge in [0.1, 0.15) is 12.2 Å². The summed E-state index contributed by atoms with van der Waals surface area (Å²) in [5, 5.41) is 11.6. The van der Waals surface area contributed by atoms with E-state index in [2.05, 4.69) is 38.8 Å². The summed E-state index contributed by atoms with van der Waals surface area (Å²) in [5.74, 6) is 1.89. The third-order valence-electron chi connectivity index (χ3n) is 4.84. The monoisotopic (exact) mass is 378 g/mol. The zero-order valence-electron chi connectivity index (χ0n) is 17.0. The average Bonchev–Trinajstić information content (AvgIpc) is 3.15. The minimum Gasteiger partial charge on any atom is -0.466 e. The summed E-state index contributed by atoms with van der Waals surface area (Å²) in [5.41, 5.74) is 0. The number of nitrogens with zero attached hydrogens (tertiary/aromatic N) is 5. The zero-order chi connectivity index (χ0) is 19.5. The summed E-state index contributed by atoms with van der Waals surface area (Å²) < 4.78 is 7.24. The molecule has 0 unspecified atom stereocenters. The van der Waals surface area contributed by atoms with Gasteiger partial charge in [0, 0.05) is 39.1 Å². The minimum absolute atomic E-state index is 0.0160. The van der Waals surface area contributed by atoms with Crippen molar-refractivity contribution in [3.05, 3.63) is 12.2 Å². The highest BCUT2D eigenvalue weighted by Crippen LogP contribution is 2.18. The van der Waals surface area contributed by atoms with Crippen molar-refractivity contribution in [2.24, 2.45) is 10.9 Å². The lowest BCUT2D eigenvalue weighted by Crippen LogP contribution is -2.47. The van der Waals surface area contributed by atoms with Gasteiger partial charge in [-0.1, -0.05) is 20.3 Å². The highest BCUT2D eigenvalue weighted by Gasteiger charge is 2.27. The Kier molecular flexibility index (Phi) is 9.07. The van der Waals surface area contributed by atoms with E-state index in [1.165, 1.54) is 0 Å². The summed E-state index contributed by atoms with van der Waals surface area (Å²) >= 11 is 0. The van der Waals surface area contributed by atoms with Crippen molar-refractivity contribution in [2.75, 3.05) is 32.8 Å². The van der Waals surface area contributed by atoms with Gasteiger partial charge in [-0.3, -0.25) is 9.79 Å². The van der Waals surface area contributed by atoms with Crippen LogP contribution in [0.2, 0.25) is 0 Å². The van der Waals surface area contributed by atoms with Gasteiger partial charge < -0.3 is 19.5 Å². The number of rotatable bonds is 9. The number of hydrogen-bond donors (Lipinski definition) is 1. The molecule has 0 spiro atoms. The third-order valence-corrected chi connectivity index (χ3v) is 4.84. The second-order valence-corrected chi connectivity index (χ2v) is 6.79. The van der Waals surface area contributed by atoms with Crippen molar-refractivity contribution < 1.29 is 9.53 Å². The normalized spacial score (nSPS) is 15.8. The maximum atomic E-state index is 11.9. The molecule has 1 aliphatic rings. The predicted molar refractivity (Wildman–Crippen MR) is 106 cm³/mol. The Morgan fingerprint density at radius 1 is 1.33 bits per heavy atom. The van der Waals surface area contributed by atoms with Gasteiger partial charge in [-0.25, -0.2) is 0 Å². The largest absolute Gasteiger partial charge is 0.466 e. The molecule has 152 valence electrons. The van der Waals surface area contributed by atoms with Crippen molar-refractivity contribution in [3.63, 3.8) is 0 Å². The van der Waals surface area contributed by atoms with Gasteiger partial charge in [0.2, 0.25) is 0 Å². The van der Waals surface area contributed by atoms with E-state index in [-0.39, 0.29) is 11.9 Å². The molecule has 0 bridgehead atoms. The summed E-state index contributed by atoms with van der Waals surface area (Å²) in [6, 6.07) is 0. The molecular formula is C19H34N6O2. The molecule has 0 aromatic carbocycles. The van der Waals surface area contributed by atoms with E-state index < -0.39 is 0 Å². The van der Waals surface area contributed by atoms with E-state index in [4.69, 9.17) is 9.73 Å². The summed E-state index contributed by atoms with van der Waals surface area (Å²) in [6.45, 7) is 10.6. The van der Waals surface area contributed by atoms with Crippen LogP contribution < -0.4 is 5.32 Å². The Labute approximate surface area is 162 Å². The van der Waals surface area contributed by atoms with E-state index in [1.807, 2.05) is 6.92 Å². The van der Waals surface area contributed by atoms with Gasteiger partial charge in [0.25, 0.3) is 0 Å². The fourth-order valence-corrected chi connectivity index (χ4v) is 3.23. The van der Waals surface area contributed by atoms with Crippen LogP contribution in [0.3, 0.4) is 0 Å². The van der Waals surface area contributed by atoms with E-state index >= 15 is 0 Å². The molecule has 0 atom stereocenters. The number of guanidine groups is 1. The highest BCUT2D eigenvalue weighted by molar-refractivity contribution is 5.80. The first-order chi connectivity index (χ1) is 13.2. The van der Waals surface area contributed by atoms with Crippen LogP contribution in [0.4, 0.5) is 0 Å². The first-order valence-electron chi connectivity index (χ1n) is 10.3. The van der Waals surface area contributed by atoms with E-state index in [0.717, 1.165) is 76.6 Å². The number of aryl methyl sites for hydroxylation is 1. The molecule has 1 fully saturated rings. The number of hydrogen-bond acceptors (Lipinski definition) is 5. The second-order valence-electron chi connectivity index (χ2n) is 6.79. The van der Waals surface area contributed by atoms with Crippen molar-refractivity contribution in [2.45, 2.75) is 59.4 Å². The Morgan fingerprint density at radius 2 is 2.11 bits per heavy atom. The molecule has 8 heteroatoms. The number of likely N-dealkylation sites (tertiary alicyclic amines) is 1. The SMILES string of the molecule is CCCCN=C(NCCn1cnnc1CC)N1CCC(C(=O)OCC)CC1. The fraction of sp³-hybridized carbons (Fsp3) is 0.789. The number of aromatic nitrogens is 3. The van der Waals surface area contributed by atoms with Crippen molar-refractivity contribution in [1.82, 2.24) is 25.0 Å². The number of aliphatic imine (C=N–C) groups is 1. The molecule has 0 amide bonds. The maximum Gasteiger partial charge on any atom is 0.309 e. The van der Waals surface area contributed by atoms with Crippen molar-refractivity contribution in [1.29, 1.82) is 0 Å². The first kappa shape index (κ1) is 21.2. The number of esters is 1. The number of unbranched alkanes of at least 4 members (excludes halogenated alkanes) is 1. The van der Waals surface area contributed by atoms with E-state index in [9.17, 15) is 4.79 Å². The summed E-state index contributed by atoms with van der Waals surface area (Å²) in [4.78, 5) is 19.0. The van der Waals surface area contributed by atoms with Crippen LogP contribution in [0.25, 0.3) is 0 Å². The zero-order valence-corrected chi connectivity index (χ0v) is 17.0. The van der Waals surface area contributed by atoms with Crippen LogP contribution in [0, 0.1) is 5.92 Å². The third kappa shape index (κ3) is 6.52. The molecular weight excluding hydrogens is 344 g/mol. The quantitative estimate of drug-likeness (QED) is 0.306. The molecule has 8 nitrogen and oxygen atoms in total. The van der Waals surface area contributed by atoms with Crippen LogP contribution in [0.5, 0.6) is 0 Å². The standard InChI is InChI=1S/C19H34N6O2/c1-4-7-10-20-19(21-11-14-25-15-22-23-17(25)5-2)24-12-8-16(9-13-24)18(26)27-6-3/h15-16H,4-14H2,1-3H3,(H,20,21). The molecule has 1 saturated heterocycles. The molecule has 0 saturated carbocycles. The molecule has 27 heavy (non-hydrogen) atoms. The Hall–Kier alpha value is -2.12. The van der Waals surface area contributed by atoms with Crippen molar-refractivity contribution in [3.8, 4) is 0 Å². The smallest absolute Gasteiger partial charge is 0.309 e. The summed E-state index contributed by atoms with van der Waals surface area (Å²) in [6.07, 6.45) is 6.49. The highest BCUT2D eigenvalue weighted by atomic mass is 16.5. The fourth-order valence-electron chi connectivity index (χ4n) is 3.23. The van der Waals surface area contributed by atoms with Gasteiger partial charge in [0.15, 0.2) is 5.96 Å². The summed E-state index contributed by atoms with van der Waals surface area (Å²) in [7, 11) is 0.